The number of carbonyl (C=O) groups excluding carboxylic acids is 1. The summed E-state index contributed by atoms with van der Waals surface area (Å²) in [5.74, 6) is -0.446. The van der Waals surface area contributed by atoms with Crippen LogP contribution in [0.4, 0.5) is 5.69 Å². The van der Waals surface area contributed by atoms with Gasteiger partial charge in [-0.1, -0.05) is 23.5 Å². The Morgan fingerprint density at radius 3 is 2.85 bits per heavy atom. The molecule has 0 atom stereocenters. The van der Waals surface area contributed by atoms with Crippen molar-refractivity contribution >= 4 is 33.3 Å². The van der Waals surface area contributed by atoms with E-state index in [4.69, 9.17) is 0 Å². The first-order valence-corrected chi connectivity index (χ1v) is 8.76. The molecule has 0 aliphatic heterocycles. The molecule has 6 nitrogen and oxygen atoms in total. The van der Waals surface area contributed by atoms with E-state index in [0.29, 0.717) is 5.69 Å². The Hall–Kier alpha value is -3.32. The molecule has 7 heteroatoms. The maximum absolute atomic E-state index is 12.4. The quantitative estimate of drug-likeness (QED) is 0.583. The molecular formula is C19H14N4O2S. The first-order valence-electron chi connectivity index (χ1n) is 7.94. The summed E-state index contributed by atoms with van der Waals surface area (Å²) in [5, 5.41) is 3.65. The van der Waals surface area contributed by atoms with Crippen molar-refractivity contribution in [2.75, 3.05) is 5.32 Å². The van der Waals surface area contributed by atoms with E-state index in [0.717, 1.165) is 26.5 Å². The van der Waals surface area contributed by atoms with Gasteiger partial charge in [0.25, 0.3) is 11.5 Å². The molecule has 3 aromatic heterocycles. The molecule has 0 aliphatic rings. The summed E-state index contributed by atoms with van der Waals surface area (Å²) in [7, 11) is 0. The lowest BCUT2D eigenvalue weighted by Gasteiger charge is -2.11. The minimum Gasteiger partial charge on any atom is -0.328 e. The van der Waals surface area contributed by atoms with Gasteiger partial charge < -0.3 is 10.3 Å². The summed E-state index contributed by atoms with van der Waals surface area (Å²) >= 11 is 1.50. The van der Waals surface area contributed by atoms with Gasteiger partial charge in [-0.3, -0.25) is 9.59 Å². The fraction of sp³-hybridized carbons (Fsp3) is 0.0526. The molecule has 0 fully saturated rings. The molecule has 26 heavy (non-hydrogen) atoms. The van der Waals surface area contributed by atoms with Crippen LogP contribution in [0.15, 0.2) is 59.7 Å². The van der Waals surface area contributed by atoms with Gasteiger partial charge in [-0.2, -0.15) is 0 Å². The maximum Gasteiger partial charge on any atom is 0.261 e. The molecule has 3 heterocycles. The summed E-state index contributed by atoms with van der Waals surface area (Å²) in [6, 6.07) is 12.5. The number of benzene rings is 1. The number of anilines is 1. The largest absolute Gasteiger partial charge is 0.328 e. The van der Waals surface area contributed by atoms with Gasteiger partial charge in [0.05, 0.1) is 0 Å². The average Bonchev–Trinajstić information content (AvgIpc) is 3.07. The highest BCUT2D eigenvalue weighted by Crippen LogP contribution is 2.33. The van der Waals surface area contributed by atoms with Crippen molar-refractivity contribution in [3.63, 3.8) is 0 Å². The lowest BCUT2D eigenvalue weighted by Crippen LogP contribution is -2.22. The molecule has 0 saturated carbocycles. The standard InChI is InChI=1S/C19H14N4O2S/c1-11-12(18-23-15-8-4-10-21-19(15)26-18)5-2-7-14(11)22-17(25)13-6-3-9-20-16(13)24/h2-10H,1H3,(H,20,24)(H,22,25). The number of aromatic amines is 1. The summed E-state index contributed by atoms with van der Waals surface area (Å²) in [4.78, 5) is 36.5. The molecule has 128 valence electrons. The molecule has 0 saturated heterocycles. The Bertz CT molecular complexity index is 1150. The molecule has 0 radical (unpaired) electrons. The van der Waals surface area contributed by atoms with Crippen molar-refractivity contribution in [3.05, 3.63) is 76.3 Å². The van der Waals surface area contributed by atoms with Crippen LogP contribution in [0.3, 0.4) is 0 Å². The third kappa shape index (κ3) is 2.89. The number of fused-ring (bicyclic) bond motifs is 1. The lowest BCUT2D eigenvalue weighted by molar-refractivity contribution is 0.102. The summed E-state index contributed by atoms with van der Waals surface area (Å²) in [5.41, 5.74) is 2.94. The van der Waals surface area contributed by atoms with Gasteiger partial charge in [0.15, 0.2) is 0 Å². The smallest absolute Gasteiger partial charge is 0.261 e. The van der Waals surface area contributed by atoms with Crippen LogP contribution >= 0.6 is 11.3 Å². The van der Waals surface area contributed by atoms with Crippen molar-refractivity contribution in [3.8, 4) is 10.6 Å². The fourth-order valence-corrected chi connectivity index (χ4v) is 3.67. The van der Waals surface area contributed by atoms with E-state index < -0.39 is 11.5 Å². The number of thiazole rings is 1. The third-order valence-electron chi connectivity index (χ3n) is 4.04. The van der Waals surface area contributed by atoms with Gasteiger partial charge >= 0.3 is 0 Å². The number of nitrogens with zero attached hydrogens (tertiary/aromatic N) is 2. The second-order valence-corrected chi connectivity index (χ2v) is 6.67. The Labute approximate surface area is 152 Å². The van der Waals surface area contributed by atoms with Crippen LogP contribution < -0.4 is 10.9 Å². The molecule has 1 amide bonds. The van der Waals surface area contributed by atoms with E-state index in [1.165, 1.54) is 23.6 Å². The van der Waals surface area contributed by atoms with Crippen LogP contribution in [0.1, 0.15) is 15.9 Å². The van der Waals surface area contributed by atoms with Gasteiger partial charge in [-0.05, 0) is 42.8 Å². The van der Waals surface area contributed by atoms with E-state index in [9.17, 15) is 9.59 Å². The molecule has 2 N–H and O–H groups in total. The van der Waals surface area contributed by atoms with E-state index in [1.807, 2.05) is 31.2 Å². The van der Waals surface area contributed by atoms with Gasteiger partial charge in [0, 0.05) is 23.6 Å². The van der Waals surface area contributed by atoms with Crippen LogP contribution in [0.5, 0.6) is 0 Å². The Morgan fingerprint density at radius 1 is 1.15 bits per heavy atom. The molecule has 1 aromatic carbocycles. The number of pyridine rings is 2. The van der Waals surface area contributed by atoms with Crippen molar-refractivity contribution in [1.29, 1.82) is 0 Å². The average molecular weight is 362 g/mol. The highest BCUT2D eigenvalue weighted by atomic mass is 32.1. The third-order valence-corrected chi connectivity index (χ3v) is 5.05. The molecule has 4 aromatic rings. The van der Waals surface area contributed by atoms with Crippen molar-refractivity contribution in [1.82, 2.24) is 15.0 Å². The number of aromatic nitrogens is 3. The summed E-state index contributed by atoms with van der Waals surface area (Å²) < 4.78 is 0. The first kappa shape index (κ1) is 16.2. The minimum absolute atomic E-state index is 0.0708. The summed E-state index contributed by atoms with van der Waals surface area (Å²) in [6.07, 6.45) is 3.23. The second-order valence-electron chi connectivity index (χ2n) is 5.69. The van der Waals surface area contributed by atoms with Gasteiger partial charge in [-0.15, -0.1) is 0 Å². The zero-order valence-electron chi connectivity index (χ0n) is 13.8. The number of H-pyrrole nitrogens is 1. The SMILES string of the molecule is Cc1c(NC(=O)c2ccc[nH]c2=O)cccc1-c1nc2cccnc2s1. The molecular weight excluding hydrogens is 348 g/mol. The predicted molar refractivity (Wildman–Crippen MR) is 103 cm³/mol. The Balaban J connectivity index is 1.71. The second kappa shape index (κ2) is 6.53. The number of rotatable bonds is 3. The van der Waals surface area contributed by atoms with E-state index in [2.05, 4.69) is 20.3 Å². The molecule has 0 bridgehead atoms. The van der Waals surface area contributed by atoms with E-state index >= 15 is 0 Å². The highest BCUT2D eigenvalue weighted by molar-refractivity contribution is 7.21. The maximum atomic E-state index is 12.4. The van der Waals surface area contributed by atoms with Crippen LogP contribution in [0.2, 0.25) is 0 Å². The number of carbonyl (C=O) groups is 1. The van der Waals surface area contributed by atoms with Crippen LogP contribution in [-0.4, -0.2) is 20.9 Å². The lowest BCUT2D eigenvalue weighted by atomic mass is 10.1. The molecule has 0 spiro atoms. The molecule has 0 unspecified atom stereocenters. The zero-order chi connectivity index (χ0) is 18.1. The van der Waals surface area contributed by atoms with Gasteiger partial charge in [-0.25, -0.2) is 9.97 Å². The highest BCUT2D eigenvalue weighted by Gasteiger charge is 2.15. The fourth-order valence-electron chi connectivity index (χ4n) is 2.68. The monoisotopic (exact) mass is 362 g/mol. The number of hydrogen-bond acceptors (Lipinski definition) is 5. The van der Waals surface area contributed by atoms with Crippen molar-refractivity contribution in [2.45, 2.75) is 6.92 Å². The van der Waals surface area contributed by atoms with Crippen molar-refractivity contribution < 1.29 is 4.79 Å². The molecule has 0 aliphatic carbocycles. The zero-order valence-corrected chi connectivity index (χ0v) is 14.6. The number of amides is 1. The predicted octanol–water partition coefficient (Wildman–Crippen LogP) is 3.61. The Kier molecular flexibility index (Phi) is 4.06. The Morgan fingerprint density at radius 2 is 2.04 bits per heavy atom. The normalized spacial score (nSPS) is 10.8. The van der Waals surface area contributed by atoms with Crippen molar-refractivity contribution in [2.24, 2.45) is 0 Å². The van der Waals surface area contributed by atoms with Crippen LogP contribution in [0.25, 0.3) is 20.9 Å². The molecule has 4 rings (SSSR count). The van der Waals surface area contributed by atoms with Crippen LogP contribution in [-0.2, 0) is 0 Å². The van der Waals surface area contributed by atoms with E-state index in [1.54, 1.807) is 18.3 Å². The van der Waals surface area contributed by atoms with E-state index in [-0.39, 0.29) is 5.56 Å². The topological polar surface area (TPSA) is 87.7 Å². The van der Waals surface area contributed by atoms with Gasteiger partial charge in [0.1, 0.15) is 20.9 Å². The summed E-state index contributed by atoms with van der Waals surface area (Å²) in [6.45, 7) is 1.92. The number of nitrogens with one attached hydrogen (secondary N) is 2. The van der Waals surface area contributed by atoms with Gasteiger partial charge in [0.2, 0.25) is 0 Å². The first-order chi connectivity index (χ1) is 12.6. The minimum atomic E-state index is -0.446. The number of hydrogen-bond donors (Lipinski definition) is 2. The van der Waals surface area contributed by atoms with Crippen LogP contribution in [0, 0.1) is 6.92 Å².